The van der Waals surface area contributed by atoms with Crippen LogP contribution in [0.3, 0.4) is 0 Å². The summed E-state index contributed by atoms with van der Waals surface area (Å²) in [4.78, 5) is 24.1. The monoisotopic (exact) mass is 423 g/mol. The third-order valence-corrected chi connectivity index (χ3v) is 5.17. The second kappa shape index (κ2) is 10.7. The van der Waals surface area contributed by atoms with Crippen LogP contribution in [0, 0.1) is 5.92 Å². The Kier molecular flexibility index (Phi) is 8.32. The molecule has 2 rings (SSSR count). The lowest BCUT2D eigenvalue weighted by molar-refractivity contribution is -0.146. The van der Waals surface area contributed by atoms with Gasteiger partial charge in [0.25, 0.3) is 5.22 Å². The van der Waals surface area contributed by atoms with Crippen LogP contribution in [-0.4, -0.2) is 55.2 Å². The molecule has 0 unspecified atom stereocenters. The van der Waals surface area contributed by atoms with Crippen molar-refractivity contribution in [1.82, 2.24) is 15.5 Å². The molecule has 0 spiro atoms. The van der Waals surface area contributed by atoms with E-state index < -0.39 is 12.0 Å². The van der Waals surface area contributed by atoms with Gasteiger partial charge in [-0.1, -0.05) is 32.0 Å². The topological polar surface area (TPSA) is 113 Å². The molecule has 0 bridgehead atoms. The molecule has 1 heterocycles. The van der Waals surface area contributed by atoms with Crippen LogP contribution in [0.2, 0.25) is 0 Å². The maximum atomic E-state index is 12.2. The first-order valence-corrected chi connectivity index (χ1v) is 9.97. The van der Waals surface area contributed by atoms with Crippen molar-refractivity contribution in [1.29, 1.82) is 0 Å². The Balaban J connectivity index is 2.00. The van der Waals surface area contributed by atoms with Gasteiger partial charge in [-0.15, -0.1) is 10.2 Å². The molecule has 0 saturated carbocycles. The summed E-state index contributed by atoms with van der Waals surface area (Å²) in [6.07, 6.45) is 0.728. The van der Waals surface area contributed by atoms with Gasteiger partial charge in [-0.05, 0) is 24.1 Å². The van der Waals surface area contributed by atoms with E-state index in [2.05, 4.69) is 15.5 Å². The number of esters is 1. The molecule has 0 aliphatic heterocycles. The molecular formula is C19H25N3O6S. The fourth-order valence-corrected chi connectivity index (χ4v) is 3.07. The fraction of sp³-hybridized carbons (Fsp3) is 0.474. The number of nitrogens with one attached hydrogen (secondary N) is 1. The number of aromatic nitrogens is 2. The molecule has 158 valence electrons. The highest BCUT2D eigenvalue weighted by atomic mass is 32.2. The van der Waals surface area contributed by atoms with Crippen LogP contribution >= 0.6 is 11.8 Å². The number of carbonyl (C=O) groups is 2. The first kappa shape index (κ1) is 22.5. The van der Waals surface area contributed by atoms with Gasteiger partial charge in [0.1, 0.15) is 6.04 Å². The normalized spacial score (nSPS) is 12.7. The van der Waals surface area contributed by atoms with E-state index in [1.54, 1.807) is 25.3 Å². The molecule has 2 atom stereocenters. The summed E-state index contributed by atoms with van der Waals surface area (Å²) in [6, 6.07) is 4.53. The maximum Gasteiger partial charge on any atom is 0.328 e. The Labute approximate surface area is 173 Å². The molecular weight excluding hydrogens is 398 g/mol. The Morgan fingerprint density at radius 1 is 1.17 bits per heavy atom. The number of carbonyl (C=O) groups excluding carboxylic acids is 2. The third-order valence-electron chi connectivity index (χ3n) is 4.35. The predicted molar refractivity (Wildman–Crippen MR) is 107 cm³/mol. The van der Waals surface area contributed by atoms with Crippen LogP contribution in [0.4, 0.5) is 0 Å². The maximum absolute atomic E-state index is 12.2. The van der Waals surface area contributed by atoms with Gasteiger partial charge < -0.3 is 23.9 Å². The van der Waals surface area contributed by atoms with Crippen molar-refractivity contribution in [2.24, 2.45) is 5.92 Å². The molecule has 1 N–H and O–H groups in total. The number of hydrogen-bond acceptors (Lipinski definition) is 9. The van der Waals surface area contributed by atoms with Gasteiger partial charge in [-0.3, -0.25) is 4.79 Å². The first-order chi connectivity index (χ1) is 13.9. The number of rotatable bonds is 10. The van der Waals surface area contributed by atoms with Gasteiger partial charge in [0.05, 0.1) is 27.1 Å². The second-order valence-corrected chi connectivity index (χ2v) is 7.11. The quantitative estimate of drug-likeness (QED) is 0.455. The summed E-state index contributed by atoms with van der Waals surface area (Å²) < 4.78 is 20.8. The molecule has 0 saturated heterocycles. The van der Waals surface area contributed by atoms with Gasteiger partial charge in [0.2, 0.25) is 11.8 Å². The number of amides is 1. The molecule has 9 nitrogen and oxygen atoms in total. The van der Waals surface area contributed by atoms with Crippen molar-refractivity contribution in [3.63, 3.8) is 0 Å². The molecule has 0 aliphatic rings. The molecule has 29 heavy (non-hydrogen) atoms. The highest BCUT2D eigenvalue weighted by Crippen LogP contribution is 2.32. The van der Waals surface area contributed by atoms with Gasteiger partial charge in [-0.2, -0.15) is 0 Å². The van der Waals surface area contributed by atoms with Crippen molar-refractivity contribution in [3.8, 4) is 23.0 Å². The lowest BCUT2D eigenvalue weighted by Crippen LogP contribution is -2.46. The van der Waals surface area contributed by atoms with E-state index in [4.69, 9.17) is 18.6 Å². The standard InChI is InChI=1S/C19H25N3O6S/c1-6-11(2)16(18(24)27-5)20-15(23)10-29-19-22-21-17(28-19)12-7-8-13(25-3)14(9-12)26-4/h7-9,11,16H,6,10H2,1-5H3,(H,20,23)/t11-,16-/m0/s1. The van der Waals surface area contributed by atoms with Crippen LogP contribution in [-0.2, 0) is 14.3 Å². The van der Waals surface area contributed by atoms with Gasteiger partial charge in [0.15, 0.2) is 11.5 Å². The lowest BCUT2D eigenvalue weighted by atomic mass is 9.99. The lowest BCUT2D eigenvalue weighted by Gasteiger charge is -2.21. The molecule has 10 heteroatoms. The summed E-state index contributed by atoms with van der Waals surface area (Å²) >= 11 is 1.08. The zero-order valence-electron chi connectivity index (χ0n) is 17.1. The molecule has 1 aromatic carbocycles. The number of nitrogens with zero attached hydrogens (tertiary/aromatic N) is 2. The summed E-state index contributed by atoms with van der Waals surface area (Å²) in [5.74, 6) is 0.608. The smallest absolute Gasteiger partial charge is 0.328 e. The van der Waals surface area contributed by atoms with Crippen molar-refractivity contribution in [3.05, 3.63) is 18.2 Å². The number of hydrogen-bond donors (Lipinski definition) is 1. The SMILES string of the molecule is CC[C@H](C)[C@H](NC(=O)CSc1nnc(-c2ccc(OC)c(OC)c2)o1)C(=O)OC. The molecule has 0 fully saturated rings. The Hall–Kier alpha value is -2.75. The van der Waals surface area contributed by atoms with Gasteiger partial charge in [0, 0.05) is 5.56 Å². The summed E-state index contributed by atoms with van der Waals surface area (Å²) in [6.45, 7) is 3.82. The van der Waals surface area contributed by atoms with E-state index in [-0.39, 0.29) is 22.8 Å². The Bertz CT molecular complexity index is 841. The van der Waals surface area contributed by atoms with E-state index in [1.807, 2.05) is 13.8 Å². The minimum atomic E-state index is -0.692. The van der Waals surface area contributed by atoms with Crippen LogP contribution in [0.5, 0.6) is 11.5 Å². The van der Waals surface area contributed by atoms with Gasteiger partial charge >= 0.3 is 5.97 Å². The summed E-state index contributed by atoms with van der Waals surface area (Å²) in [5, 5.41) is 10.9. The summed E-state index contributed by atoms with van der Waals surface area (Å²) in [5.41, 5.74) is 0.661. The average molecular weight is 423 g/mol. The number of thioether (sulfide) groups is 1. The number of methoxy groups -OCH3 is 3. The fourth-order valence-electron chi connectivity index (χ4n) is 2.49. The Morgan fingerprint density at radius 3 is 2.52 bits per heavy atom. The van der Waals surface area contributed by atoms with E-state index in [0.29, 0.717) is 23.0 Å². The van der Waals surface area contributed by atoms with Crippen molar-refractivity contribution >= 4 is 23.6 Å². The molecule has 0 radical (unpaired) electrons. The largest absolute Gasteiger partial charge is 0.493 e. The first-order valence-electron chi connectivity index (χ1n) is 8.99. The zero-order valence-corrected chi connectivity index (χ0v) is 17.9. The third kappa shape index (κ3) is 5.86. The predicted octanol–water partition coefficient (Wildman–Crippen LogP) is 2.55. The van der Waals surface area contributed by atoms with Crippen LogP contribution in [0.15, 0.2) is 27.8 Å². The van der Waals surface area contributed by atoms with Crippen LogP contribution in [0.25, 0.3) is 11.5 Å². The average Bonchev–Trinajstić information content (AvgIpc) is 3.23. The molecule has 1 amide bonds. The van der Waals surface area contributed by atoms with Crippen molar-refractivity contribution < 1.29 is 28.2 Å². The highest BCUT2D eigenvalue weighted by Gasteiger charge is 2.26. The van der Waals surface area contributed by atoms with Crippen molar-refractivity contribution in [2.75, 3.05) is 27.1 Å². The van der Waals surface area contributed by atoms with E-state index in [0.717, 1.165) is 18.2 Å². The number of benzene rings is 1. The van der Waals surface area contributed by atoms with E-state index >= 15 is 0 Å². The molecule has 0 aliphatic carbocycles. The molecule has 1 aromatic heterocycles. The van der Waals surface area contributed by atoms with Crippen LogP contribution in [0.1, 0.15) is 20.3 Å². The van der Waals surface area contributed by atoms with Crippen LogP contribution < -0.4 is 14.8 Å². The van der Waals surface area contributed by atoms with E-state index in [1.165, 1.54) is 14.2 Å². The number of ether oxygens (including phenoxy) is 3. The Morgan fingerprint density at radius 2 is 1.90 bits per heavy atom. The highest BCUT2D eigenvalue weighted by molar-refractivity contribution is 7.99. The van der Waals surface area contributed by atoms with Gasteiger partial charge in [-0.25, -0.2) is 4.79 Å². The second-order valence-electron chi connectivity index (χ2n) is 6.19. The summed E-state index contributed by atoms with van der Waals surface area (Å²) in [7, 11) is 4.39. The zero-order chi connectivity index (χ0) is 21.4. The minimum Gasteiger partial charge on any atom is -0.493 e. The van der Waals surface area contributed by atoms with Crippen molar-refractivity contribution in [2.45, 2.75) is 31.5 Å². The van der Waals surface area contributed by atoms with E-state index in [9.17, 15) is 9.59 Å². The molecule has 2 aromatic rings. The minimum absolute atomic E-state index is 0.0253.